The van der Waals surface area contributed by atoms with E-state index in [2.05, 4.69) is 27.8 Å². The van der Waals surface area contributed by atoms with Crippen molar-refractivity contribution >= 4 is 11.6 Å². The molecule has 5 heteroatoms. The molecule has 0 fully saturated rings. The number of aromatic nitrogens is 3. The van der Waals surface area contributed by atoms with Gasteiger partial charge in [0.05, 0.1) is 18.4 Å². The molecule has 0 bridgehead atoms. The van der Waals surface area contributed by atoms with Gasteiger partial charge in [0.25, 0.3) is 5.91 Å². The second-order valence-corrected chi connectivity index (χ2v) is 6.66. The molecule has 5 nitrogen and oxygen atoms in total. The quantitative estimate of drug-likeness (QED) is 0.562. The van der Waals surface area contributed by atoms with Crippen LogP contribution in [0.4, 0.5) is 5.69 Å². The fourth-order valence-corrected chi connectivity index (χ4v) is 3.04. The number of carbonyl (C=O) groups is 1. The van der Waals surface area contributed by atoms with Gasteiger partial charge in [0.2, 0.25) is 0 Å². The normalized spacial score (nSPS) is 10.6. The number of amides is 1. The van der Waals surface area contributed by atoms with Crippen LogP contribution in [-0.4, -0.2) is 20.9 Å². The number of hydrogen-bond acceptors (Lipinski definition) is 3. The minimum absolute atomic E-state index is 0.149. The zero-order valence-electron chi connectivity index (χ0n) is 15.5. The van der Waals surface area contributed by atoms with Gasteiger partial charge in [-0.2, -0.15) is 0 Å². The van der Waals surface area contributed by atoms with Gasteiger partial charge in [-0.05, 0) is 36.2 Å². The van der Waals surface area contributed by atoms with Gasteiger partial charge in [-0.3, -0.25) is 4.79 Å². The smallest absolute Gasteiger partial charge is 0.255 e. The van der Waals surface area contributed by atoms with E-state index >= 15 is 0 Å². The first-order valence-corrected chi connectivity index (χ1v) is 9.10. The summed E-state index contributed by atoms with van der Waals surface area (Å²) in [6.45, 7) is 2.64. The number of nitrogens with zero attached hydrogens (tertiary/aromatic N) is 3. The van der Waals surface area contributed by atoms with Crippen LogP contribution >= 0.6 is 0 Å². The number of benzene rings is 3. The molecule has 0 aliphatic rings. The van der Waals surface area contributed by atoms with Crippen molar-refractivity contribution in [2.75, 3.05) is 5.32 Å². The van der Waals surface area contributed by atoms with E-state index in [-0.39, 0.29) is 5.91 Å². The molecule has 0 aliphatic heterocycles. The summed E-state index contributed by atoms with van der Waals surface area (Å²) in [4.78, 5) is 12.6. The topological polar surface area (TPSA) is 59.8 Å². The number of carbonyl (C=O) groups excluding carboxylic acids is 1. The van der Waals surface area contributed by atoms with Crippen LogP contribution in [0.2, 0.25) is 0 Å². The average Bonchev–Trinajstić information content (AvgIpc) is 3.17. The van der Waals surface area contributed by atoms with E-state index in [1.807, 2.05) is 67.7 Å². The van der Waals surface area contributed by atoms with Crippen molar-refractivity contribution in [2.24, 2.45) is 0 Å². The van der Waals surface area contributed by atoms with Gasteiger partial charge in [-0.25, -0.2) is 4.68 Å². The first kappa shape index (κ1) is 17.7. The van der Waals surface area contributed by atoms with E-state index in [0.717, 1.165) is 28.1 Å². The number of rotatable bonds is 5. The SMILES string of the molecule is Cc1ccc(-c2cn(Cc3ccccc3)nn2)c(NC(=O)c2ccccc2)c1. The van der Waals surface area contributed by atoms with Crippen molar-refractivity contribution in [3.8, 4) is 11.3 Å². The van der Waals surface area contributed by atoms with E-state index < -0.39 is 0 Å². The van der Waals surface area contributed by atoms with Crippen LogP contribution in [0.25, 0.3) is 11.3 Å². The molecule has 4 rings (SSSR count). The largest absolute Gasteiger partial charge is 0.321 e. The molecule has 28 heavy (non-hydrogen) atoms. The number of aryl methyl sites for hydroxylation is 1. The summed E-state index contributed by atoms with van der Waals surface area (Å²) in [5.41, 5.74) is 5.11. The van der Waals surface area contributed by atoms with E-state index in [1.54, 1.807) is 16.8 Å². The van der Waals surface area contributed by atoms with Crippen LogP contribution in [-0.2, 0) is 6.54 Å². The molecule has 0 aliphatic carbocycles. The molecule has 1 N–H and O–H groups in total. The van der Waals surface area contributed by atoms with E-state index in [1.165, 1.54) is 0 Å². The third kappa shape index (κ3) is 3.99. The maximum atomic E-state index is 12.6. The van der Waals surface area contributed by atoms with Crippen LogP contribution in [0.3, 0.4) is 0 Å². The molecule has 4 aromatic rings. The summed E-state index contributed by atoms with van der Waals surface area (Å²) < 4.78 is 1.80. The third-order valence-corrected chi connectivity index (χ3v) is 4.46. The summed E-state index contributed by atoms with van der Waals surface area (Å²) in [6.07, 6.45) is 1.90. The molecule has 0 spiro atoms. The van der Waals surface area contributed by atoms with Crippen LogP contribution in [0.1, 0.15) is 21.5 Å². The Balaban J connectivity index is 1.61. The Kier molecular flexibility index (Phi) is 4.97. The molecule has 3 aromatic carbocycles. The Hall–Kier alpha value is -3.73. The standard InChI is InChI=1S/C23H20N4O/c1-17-12-13-20(21(14-17)24-23(28)19-10-6-3-7-11-19)22-16-27(26-25-22)15-18-8-4-2-5-9-18/h2-14,16H,15H2,1H3,(H,24,28). The molecule has 0 radical (unpaired) electrons. The van der Waals surface area contributed by atoms with Gasteiger partial charge in [0, 0.05) is 11.1 Å². The molecule has 1 aromatic heterocycles. The first-order chi connectivity index (χ1) is 13.7. The Labute approximate surface area is 163 Å². The first-order valence-electron chi connectivity index (χ1n) is 9.10. The van der Waals surface area contributed by atoms with Crippen molar-refractivity contribution in [3.05, 3.63) is 102 Å². The van der Waals surface area contributed by atoms with Crippen molar-refractivity contribution < 1.29 is 4.79 Å². The van der Waals surface area contributed by atoms with Gasteiger partial charge in [-0.1, -0.05) is 65.9 Å². The number of hydrogen-bond donors (Lipinski definition) is 1. The fraction of sp³-hybridized carbons (Fsp3) is 0.0870. The second-order valence-electron chi connectivity index (χ2n) is 6.66. The Morgan fingerprint density at radius 3 is 2.43 bits per heavy atom. The molecule has 1 heterocycles. The monoisotopic (exact) mass is 368 g/mol. The van der Waals surface area contributed by atoms with Crippen molar-refractivity contribution in [2.45, 2.75) is 13.5 Å². The predicted octanol–water partition coefficient (Wildman–Crippen LogP) is 4.55. The molecule has 138 valence electrons. The summed E-state index contributed by atoms with van der Waals surface area (Å²) in [7, 11) is 0. The lowest BCUT2D eigenvalue weighted by molar-refractivity contribution is 0.102. The molecular formula is C23H20N4O. The zero-order chi connectivity index (χ0) is 19.3. The lowest BCUT2D eigenvalue weighted by Gasteiger charge is -2.10. The van der Waals surface area contributed by atoms with E-state index in [9.17, 15) is 4.79 Å². The summed E-state index contributed by atoms with van der Waals surface area (Å²) >= 11 is 0. The van der Waals surface area contributed by atoms with Crippen molar-refractivity contribution in [1.29, 1.82) is 0 Å². The lowest BCUT2D eigenvalue weighted by Crippen LogP contribution is -2.12. The predicted molar refractivity (Wildman–Crippen MR) is 110 cm³/mol. The van der Waals surface area contributed by atoms with Crippen molar-refractivity contribution in [3.63, 3.8) is 0 Å². The highest BCUT2D eigenvalue weighted by molar-refractivity contribution is 6.06. The van der Waals surface area contributed by atoms with Crippen molar-refractivity contribution in [1.82, 2.24) is 15.0 Å². The minimum atomic E-state index is -0.149. The lowest BCUT2D eigenvalue weighted by atomic mass is 10.1. The highest BCUT2D eigenvalue weighted by Gasteiger charge is 2.13. The van der Waals surface area contributed by atoms with Crippen LogP contribution in [0.5, 0.6) is 0 Å². The Morgan fingerprint density at radius 1 is 0.964 bits per heavy atom. The van der Waals surface area contributed by atoms with Gasteiger partial charge >= 0.3 is 0 Å². The van der Waals surface area contributed by atoms with Crippen LogP contribution in [0, 0.1) is 6.92 Å². The maximum Gasteiger partial charge on any atom is 0.255 e. The van der Waals surface area contributed by atoms with Gasteiger partial charge in [0.15, 0.2) is 0 Å². The highest BCUT2D eigenvalue weighted by atomic mass is 16.1. The average molecular weight is 368 g/mol. The number of nitrogens with one attached hydrogen (secondary N) is 1. The van der Waals surface area contributed by atoms with E-state index in [0.29, 0.717) is 12.1 Å². The molecule has 0 atom stereocenters. The van der Waals surface area contributed by atoms with E-state index in [4.69, 9.17) is 0 Å². The molecule has 0 saturated heterocycles. The fourth-order valence-electron chi connectivity index (χ4n) is 3.04. The minimum Gasteiger partial charge on any atom is -0.321 e. The van der Waals surface area contributed by atoms with Gasteiger partial charge in [0.1, 0.15) is 5.69 Å². The molecular weight excluding hydrogens is 348 g/mol. The number of anilines is 1. The Morgan fingerprint density at radius 2 is 1.68 bits per heavy atom. The summed E-state index contributed by atoms with van der Waals surface area (Å²) in [5.74, 6) is -0.149. The molecule has 0 unspecified atom stereocenters. The second kappa shape index (κ2) is 7.88. The Bertz CT molecular complexity index is 1090. The zero-order valence-corrected chi connectivity index (χ0v) is 15.5. The highest BCUT2D eigenvalue weighted by Crippen LogP contribution is 2.28. The third-order valence-electron chi connectivity index (χ3n) is 4.46. The summed E-state index contributed by atoms with van der Waals surface area (Å²) in [5, 5.41) is 11.6. The van der Waals surface area contributed by atoms with Gasteiger partial charge < -0.3 is 5.32 Å². The maximum absolute atomic E-state index is 12.6. The van der Waals surface area contributed by atoms with Gasteiger partial charge in [-0.15, -0.1) is 5.10 Å². The van der Waals surface area contributed by atoms with Crippen LogP contribution < -0.4 is 5.32 Å². The molecule has 0 saturated carbocycles. The summed E-state index contributed by atoms with van der Waals surface area (Å²) in [6, 6.07) is 25.2. The van der Waals surface area contributed by atoms with Crippen LogP contribution in [0.15, 0.2) is 85.1 Å². The molecule has 1 amide bonds.